The second kappa shape index (κ2) is 6.46. The molecule has 1 atom stereocenters. The molecule has 1 aliphatic carbocycles. The molecule has 0 saturated heterocycles. The highest BCUT2D eigenvalue weighted by molar-refractivity contribution is 7.93. The van der Waals surface area contributed by atoms with Crippen LogP contribution in [-0.2, 0) is 9.73 Å². The smallest absolute Gasteiger partial charge is 0.280 e. The summed E-state index contributed by atoms with van der Waals surface area (Å²) >= 11 is 0. The van der Waals surface area contributed by atoms with E-state index >= 15 is 0 Å². The summed E-state index contributed by atoms with van der Waals surface area (Å²) in [6.07, 6.45) is 3.09. The number of hydrogen-bond acceptors (Lipinski definition) is 4. The van der Waals surface area contributed by atoms with Crippen molar-refractivity contribution >= 4 is 15.4 Å². The Labute approximate surface area is 162 Å². The number of aromatic nitrogens is 3. The van der Waals surface area contributed by atoms with Gasteiger partial charge in [-0.2, -0.15) is 0 Å². The lowest BCUT2D eigenvalue weighted by Crippen LogP contribution is -2.18. The van der Waals surface area contributed by atoms with Crippen molar-refractivity contribution in [1.82, 2.24) is 14.8 Å². The lowest BCUT2D eigenvalue weighted by atomic mass is 10.1. The molecule has 7 nitrogen and oxygen atoms in total. The summed E-state index contributed by atoms with van der Waals surface area (Å²) in [6.45, 7) is 10.6. The number of aromatic amines is 1. The lowest BCUT2D eigenvalue weighted by molar-refractivity contribution is 0.672. The first-order chi connectivity index (χ1) is 13.3. The first kappa shape index (κ1) is 18.2. The van der Waals surface area contributed by atoms with Gasteiger partial charge in [0.05, 0.1) is 26.8 Å². The molecule has 4 rings (SSSR count). The highest BCUT2D eigenvalue weighted by Gasteiger charge is 2.34. The van der Waals surface area contributed by atoms with Gasteiger partial charge < -0.3 is 0 Å². The summed E-state index contributed by atoms with van der Waals surface area (Å²) in [5.74, 6) is 0.393. The van der Waals surface area contributed by atoms with Crippen LogP contribution in [-0.4, -0.2) is 24.2 Å². The zero-order chi connectivity index (χ0) is 20.1. The topological polar surface area (TPSA) is 96.0 Å². The van der Waals surface area contributed by atoms with Crippen LogP contribution < -0.4 is 5.56 Å². The summed E-state index contributed by atoms with van der Waals surface area (Å²) in [5.41, 5.74) is 2.88. The van der Waals surface area contributed by atoms with E-state index < -0.39 is 9.73 Å². The molecule has 1 aromatic carbocycles. The average Bonchev–Trinajstić information content (AvgIpc) is 3.48. The van der Waals surface area contributed by atoms with Crippen LogP contribution in [0.25, 0.3) is 21.8 Å². The van der Waals surface area contributed by atoms with E-state index in [4.69, 9.17) is 11.4 Å². The fourth-order valence-electron chi connectivity index (χ4n) is 3.30. The summed E-state index contributed by atoms with van der Waals surface area (Å²) in [5, 5.41) is 2.96. The molecule has 0 spiro atoms. The second-order valence-electron chi connectivity index (χ2n) is 7.02. The van der Waals surface area contributed by atoms with E-state index in [2.05, 4.69) is 14.9 Å². The first-order valence-corrected chi connectivity index (χ1v) is 10.5. The van der Waals surface area contributed by atoms with E-state index in [-0.39, 0.29) is 10.8 Å². The summed E-state index contributed by atoms with van der Waals surface area (Å²) in [7, 11) is -2.84. The number of nitrogens with one attached hydrogen (secondary N) is 2. The van der Waals surface area contributed by atoms with E-state index in [1.807, 2.05) is 0 Å². The SMILES string of the molecule is [C-]#[N+]c1ccc(-c2c(C)[nH]n(-c3cc(C)c([S@](=N)(=O)C4CC4)cn3)c2=O)cc1. The zero-order valence-corrected chi connectivity index (χ0v) is 16.3. The molecular weight excluding hydrogens is 374 g/mol. The van der Waals surface area contributed by atoms with Gasteiger partial charge in [-0.25, -0.2) is 23.5 Å². The van der Waals surface area contributed by atoms with Crippen LogP contribution in [0.5, 0.6) is 0 Å². The number of aryl methyl sites for hydroxylation is 2. The molecule has 28 heavy (non-hydrogen) atoms. The summed E-state index contributed by atoms with van der Waals surface area (Å²) < 4.78 is 22.3. The maximum absolute atomic E-state index is 13.0. The molecule has 2 aromatic heterocycles. The average molecular weight is 393 g/mol. The number of benzene rings is 1. The first-order valence-electron chi connectivity index (χ1n) is 8.87. The van der Waals surface area contributed by atoms with Gasteiger partial charge in [-0.1, -0.05) is 24.3 Å². The molecule has 0 bridgehead atoms. The molecule has 0 amide bonds. The van der Waals surface area contributed by atoms with E-state index in [0.717, 1.165) is 18.4 Å². The number of hydrogen-bond donors (Lipinski definition) is 2. The van der Waals surface area contributed by atoms with Crippen molar-refractivity contribution in [3.8, 4) is 16.9 Å². The highest BCUT2D eigenvalue weighted by Crippen LogP contribution is 2.35. The van der Waals surface area contributed by atoms with Gasteiger partial charge in [0.15, 0.2) is 11.5 Å². The Morgan fingerprint density at radius 3 is 2.54 bits per heavy atom. The van der Waals surface area contributed by atoms with Crippen molar-refractivity contribution < 1.29 is 4.21 Å². The van der Waals surface area contributed by atoms with Crippen LogP contribution in [0.2, 0.25) is 0 Å². The fraction of sp³-hybridized carbons (Fsp3) is 0.250. The third-order valence-corrected chi connectivity index (χ3v) is 7.45. The van der Waals surface area contributed by atoms with Gasteiger partial charge in [0.25, 0.3) is 5.56 Å². The van der Waals surface area contributed by atoms with Gasteiger partial charge in [-0.05, 0) is 43.9 Å². The van der Waals surface area contributed by atoms with E-state index in [0.29, 0.717) is 33.2 Å². The van der Waals surface area contributed by atoms with Crippen LogP contribution in [0.1, 0.15) is 24.1 Å². The zero-order valence-electron chi connectivity index (χ0n) is 15.5. The molecule has 2 heterocycles. The number of nitrogens with zero attached hydrogens (tertiary/aromatic N) is 3. The predicted octanol–water partition coefficient (Wildman–Crippen LogP) is 3.96. The molecule has 8 heteroatoms. The van der Waals surface area contributed by atoms with Crippen LogP contribution in [0.3, 0.4) is 0 Å². The number of H-pyrrole nitrogens is 1. The van der Waals surface area contributed by atoms with Crippen molar-refractivity contribution in [2.45, 2.75) is 36.8 Å². The Morgan fingerprint density at radius 2 is 1.96 bits per heavy atom. The van der Waals surface area contributed by atoms with Crippen LogP contribution in [0.15, 0.2) is 46.2 Å². The Bertz CT molecular complexity index is 1270. The van der Waals surface area contributed by atoms with Crippen LogP contribution >= 0.6 is 0 Å². The van der Waals surface area contributed by atoms with Gasteiger partial charge >= 0.3 is 0 Å². The van der Waals surface area contributed by atoms with Crippen LogP contribution in [0.4, 0.5) is 5.69 Å². The third kappa shape index (κ3) is 2.94. The minimum Gasteiger partial charge on any atom is -0.293 e. The Hall–Kier alpha value is -3.18. The minimum absolute atomic E-state index is 0.0839. The summed E-state index contributed by atoms with van der Waals surface area (Å²) in [6, 6.07) is 8.55. The van der Waals surface area contributed by atoms with Gasteiger partial charge in [0.1, 0.15) is 0 Å². The molecule has 1 fully saturated rings. The molecule has 1 saturated carbocycles. The second-order valence-corrected chi connectivity index (χ2v) is 9.33. The molecular formula is C20H19N5O2S. The maximum Gasteiger partial charge on any atom is 0.280 e. The normalized spacial score (nSPS) is 15.8. The van der Waals surface area contributed by atoms with E-state index in [1.54, 1.807) is 44.2 Å². The quantitative estimate of drug-likeness (QED) is 0.657. The maximum atomic E-state index is 13.0. The molecule has 3 aromatic rings. The molecule has 0 aliphatic heterocycles. The van der Waals surface area contributed by atoms with E-state index in [1.165, 1.54) is 10.9 Å². The van der Waals surface area contributed by atoms with Crippen molar-refractivity contribution in [2.75, 3.05) is 0 Å². The minimum atomic E-state index is -2.84. The van der Waals surface area contributed by atoms with Crippen molar-refractivity contribution in [3.05, 3.63) is 69.6 Å². The van der Waals surface area contributed by atoms with Gasteiger partial charge in [0.2, 0.25) is 0 Å². The lowest BCUT2D eigenvalue weighted by Gasteiger charge is -2.10. The standard InChI is InChI=1S/C20H19N5O2S/c1-12-10-18(23-11-17(12)28(21,27)16-8-9-16)25-20(26)19(13(2)24-25)14-4-6-15(22-3)7-5-14/h4-7,10-11,16,21,24H,8-9H2,1-2H3/t28-/m1/s1. The number of pyridine rings is 1. The van der Waals surface area contributed by atoms with Gasteiger partial charge in [-0.3, -0.25) is 9.89 Å². The van der Waals surface area contributed by atoms with Gasteiger partial charge in [0, 0.05) is 17.1 Å². The molecule has 1 aliphatic rings. The Morgan fingerprint density at radius 1 is 1.29 bits per heavy atom. The van der Waals surface area contributed by atoms with Crippen molar-refractivity contribution in [1.29, 1.82) is 4.78 Å². The molecule has 142 valence electrons. The van der Waals surface area contributed by atoms with Crippen molar-refractivity contribution in [3.63, 3.8) is 0 Å². The third-order valence-electron chi connectivity index (χ3n) is 4.95. The Kier molecular flexibility index (Phi) is 4.20. The Balaban J connectivity index is 1.77. The van der Waals surface area contributed by atoms with Gasteiger partial charge in [-0.15, -0.1) is 0 Å². The molecule has 2 N–H and O–H groups in total. The highest BCUT2D eigenvalue weighted by atomic mass is 32.2. The summed E-state index contributed by atoms with van der Waals surface area (Å²) in [4.78, 5) is 21.1. The molecule has 0 radical (unpaired) electrons. The van der Waals surface area contributed by atoms with Crippen LogP contribution in [0, 0.1) is 25.2 Å². The largest absolute Gasteiger partial charge is 0.293 e. The van der Waals surface area contributed by atoms with Crippen molar-refractivity contribution in [2.24, 2.45) is 0 Å². The predicted molar refractivity (Wildman–Crippen MR) is 108 cm³/mol. The molecule has 0 unspecified atom stereocenters. The van der Waals surface area contributed by atoms with E-state index in [9.17, 15) is 9.00 Å². The fourth-order valence-corrected chi connectivity index (χ4v) is 5.20. The number of rotatable bonds is 4. The monoisotopic (exact) mass is 393 g/mol.